The third kappa shape index (κ3) is 3.52. The van der Waals surface area contributed by atoms with E-state index in [1.165, 1.54) is 0 Å². The molecular weight excluding hydrogens is 340 g/mol. The Kier molecular flexibility index (Phi) is 4.79. The number of aryl methyl sites for hydroxylation is 2. The van der Waals surface area contributed by atoms with Crippen molar-refractivity contribution in [2.45, 2.75) is 25.2 Å². The molecule has 1 fully saturated rings. The molecule has 140 valence electrons. The first-order chi connectivity index (χ1) is 13.2. The molecule has 0 N–H and O–H groups in total. The van der Waals surface area contributed by atoms with Crippen molar-refractivity contribution in [2.75, 3.05) is 20.2 Å². The van der Waals surface area contributed by atoms with Gasteiger partial charge in [-0.3, -0.25) is 4.79 Å². The van der Waals surface area contributed by atoms with Crippen LogP contribution in [-0.2, 0) is 18.3 Å². The molecule has 3 heterocycles. The lowest BCUT2D eigenvalue weighted by molar-refractivity contribution is -0.130. The molecule has 0 aliphatic carbocycles. The number of carbonyl (C=O) groups excluding carboxylic acids is 1. The summed E-state index contributed by atoms with van der Waals surface area (Å²) in [6.07, 6.45) is 3.98. The first-order valence-electron chi connectivity index (χ1n) is 9.33. The molecule has 6 heteroatoms. The largest absolute Gasteiger partial charge is 0.497 e. The number of fused-ring (bicyclic) bond motifs is 1. The standard InChI is InChI=1S/C21H24N4O2/c1-24-20(23-18-7-4-11-22-21(18)24)16-10-12-25(14-16)19(26)9-8-15-5-3-6-17(13-15)27-2/h3-7,11,13,16H,8-10,12,14H2,1-2H3. The Morgan fingerprint density at radius 2 is 2.19 bits per heavy atom. The van der Waals surface area contributed by atoms with Crippen molar-refractivity contribution in [3.63, 3.8) is 0 Å². The van der Waals surface area contributed by atoms with Crippen molar-refractivity contribution in [2.24, 2.45) is 7.05 Å². The van der Waals surface area contributed by atoms with Gasteiger partial charge < -0.3 is 14.2 Å². The van der Waals surface area contributed by atoms with Crippen LogP contribution in [0.1, 0.15) is 30.1 Å². The van der Waals surface area contributed by atoms with Crippen molar-refractivity contribution < 1.29 is 9.53 Å². The van der Waals surface area contributed by atoms with Crippen LogP contribution in [0, 0.1) is 0 Å². The minimum atomic E-state index is 0.206. The molecule has 6 nitrogen and oxygen atoms in total. The second kappa shape index (κ2) is 7.39. The molecule has 2 aromatic heterocycles. The van der Waals surface area contributed by atoms with Gasteiger partial charge >= 0.3 is 0 Å². The lowest BCUT2D eigenvalue weighted by Gasteiger charge is -2.16. The summed E-state index contributed by atoms with van der Waals surface area (Å²) >= 11 is 0. The molecule has 0 radical (unpaired) electrons. The molecule has 1 aromatic carbocycles. The van der Waals surface area contributed by atoms with Crippen LogP contribution in [0.25, 0.3) is 11.2 Å². The maximum absolute atomic E-state index is 12.7. The lowest BCUT2D eigenvalue weighted by Crippen LogP contribution is -2.28. The van der Waals surface area contributed by atoms with Crippen molar-refractivity contribution in [1.29, 1.82) is 0 Å². The van der Waals surface area contributed by atoms with Crippen LogP contribution < -0.4 is 4.74 Å². The highest BCUT2D eigenvalue weighted by Gasteiger charge is 2.30. The van der Waals surface area contributed by atoms with Gasteiger partial charge in [0.05, 0.1) is 7.11 Å². The van der Waals surface area contributed by atoms with Gasteiger partial charge in [0.1, 0.15) is 17.1 Å². The van der Waals surface area contributed by atoms with Gasteiger partial charge in [0.2, 0.25) is 5.91 Å². The lowest BCUT2D eigenvalue weighted by atomic mass is 10.1. The monoisotopic (exact) mass is 364 g/mol. The Balaban J connectivity index is 1.39. The number of imidazole rings is 1. The van der Waals surface area contributed by atoms with Gasteiger partial charge in [0, 0.05) is 38.7 Å². The van der Waals surface area contributed by atoms with Crippen LogP contribution in [0.15, 0.2) is 42.6 Å². The van der Waals surface area contributed by atoms with E-state index in [1.54, 1.807) is 13.3 Å². The fourth-order valence-corrected chi connectivity index (χ4v) is 3.84. The minimum Gasteiger partial charge on any atom is -0.497 e. The molecule has 27 heavy (non-hydrogen) atoms. The van der Waals surface area contributed by atoms with Gasteiger partial charge in [-0.1, -0.05) is 12.1 Å². The molecule has 1 aliphatic heterocycles. The molecule has 4 rings (SSSR count). The van der Waals surface area contributed by atoms with Gasteiger partial charge in [-0.25, -0.2) is 9.97 Å². The number of methoxy groups -OCH3 is 1. The van der Waals surface area contributed by atoms with E-state index in [2.05, 4.69) is 9.55 Å². The van der Waals surface area contributed by atoms with Gasteiger partial charge in [-0.2, -0.15) is 0 Å². The van der Waals surface area contributed by atoms with E-state index in [0.29, 0.717) is 6.42 Å². The summed E-state index contributed by atoms with van der Waals surface area (Å²) in [6, 6.07) is 11.8. The number of nitrogens with zero attached hydrogens (tertiary/aromatic N) is 4. The second-order valence-corrected chi connectivity index (χ2v) is 7.05. The van der Waals surface area contributed by atoms with Crippen molar-refractivity contribution in [3.05, 3.63) is 54.0 Å². The van der Waals surface area contributed by atoms with Crippen LogP contribution in [0.5, 0.6) is 5.75 Å². The Hall–Kier alpha value is -2.89. The van der Waals surface area contributed by atoms with E-state index in [4.69, 9.17) is 9.72 Å². The van der Waals surface area contributed by atoms with E-state index in [1.807, 2.05) is 48.3 Å². The fourth-order valence-electron chi connectivity index (χ4n) is 3.84. The molecule has 1 atom stereocenters. The highest BCUT2D eigenvalue weighted by Crippen LogP contribution is 2.28. The Morgan fingerprint density at radius 1 is 1.30 bits per heavy atom. The quantitative estimate of drug-likeness (QED) is 0.698. The van der Waals surface area contributed by atoms with Gasteiger partial charge in [0.15, 0.2) is 5.65 Å². The Morgan fingerprint density at radius 3 is 3.00 bits per heavy atom. The molecule has 0 bridgehead atoms. The topological polar surface area (TPSA) is 60.2 Å². The highest BCUT2D eigenvalue weighted by molar-refractivity contribution is 5.77. The number of benzene rings is 1. The minimum absolute atomic E-state index is 0.206. The maximum Gasteiger partial charge on any atom is 0.222 e. The fraction of sp³-hybridized carbons (Fsp3) is 0.381. The molecule has 0 saturated carbocycles. The van der Waals surface area contributed by atoms with Crippen LogP contribution in [0.2, 0.25) is 0 Å². The molecule has 1 aliphatic rings. The summed E-state index contributed by atoms with van der Waals surface area (Å²) in [5, 5.41) is 0. The van der Waals surface area contributed by atoms with Crippen LogP contribution in [0.3, 0.4) is 0 Å². The average molecular weight is 364 g/mol. The molecule has 1 saturated heterocycles. The van der Waals surface area contributed by atoms with Gasteiger partial charge in [0.25, 0.3) is 0 Å². The number of rotatable bonds is 5. The van der Waals surface area contributed by atoms with E-state index >= 15 is 0 Å². The van der Waals surface area contributed by atoms with Crippen molar-refractivity contribution in [1.82, 2.24) is 19.4 Å². The van der Waals surface area contributed by atoms with Crippen LogP contribution in [0.4, 0.5) is 0 Å². The number of pyridine rings is 1. The third-order valence-corrected chi connectivity index (χ3v) is 5.33. The summed E-state index contributed by atoms with van der Waals surface area (Å²) in [7, 11) is 3.66. The summed E-state index contributed by atoms with van der Waals surface area (Å²) in [5.74, 6) is 2.32. The first-order valence-corrected chi connectivity index (χ1v) is 9.33. The summed E-state index contributed by atoms with van der Waals surface area (Å²) in [5.41, 5.74) is 2.94. The number of aromatic nitrogens is 3. The van der Waals surface area contributed by atoms with E-state index in [0.717, 1.165) is 54.2 Å². The zero-order valence-electron chi connectivity index (χ0n) is 15.8. The first kappa shape index (κ1) is 17.5. The average Bonchev–Trinajstić information content (AvgIpc) is 3.32. The smallest absolute Gasteiger partial charge is 0.222 e. The summed E-state index contributed by atoms with van der Waals surface area (Å²) in [4.78, 5) is 23.8. The Labute approximate surface area is 158 Å². The second-order valence-electron chi connectivity index (χ2n) is 7.05. The normalized spacial score (nSPS) is 16.8. The van der Waals surface area contributed by atoms with E-state index < -0.39 is 0 Å². The SMILES string of the molecule is COc1cccc(CCC(=O)N2CCC(c3nc4cccnc4n3C)C2)c1. The molecule has 3 aromatic rings. The molecule has 1 amide bonds. The number of ether oxygens (including phenoxy) is 1. The number of hydrogen-bond acceptors (Lipinski definition) is 4. The number of hydrogen-bond donors (Lipinski definition) is 0. The van der Waals surface area contributed by atoms with Crippen molar-refractivity contribution >= 4 is 17.1 Å². The summed E-state index contributed by atoms with van der Waals surface area (Å²) < 4.78 is 7.31. The predicted octanol–water partition coefficient (Wildman–Crippen LogP) is 2.93. The Bertz CT molecular complexity index is 966. The van der Waals surface area contributed by atoms with Crippen molar-refractivity contribution in [3.8, 4) is 5.75 Å². The van der Waals surface area contributed by atoms with E-state index in [-0.39, 0.29) is 11.8 Å². The number of carbonyl (C=O) groups is 1. The molecular formula is C21H24N4O2. The van der Waals surface area contributed by atoms with E-state index in [9.17, 15) is 4.79 Å². The number of likely N-dealkylation sites (tertiary alicyclic amines) is 1. The highest BCUT2D eigenvalue weighted by atomic mass is 16.5. The zero-order valence-corrected chi connectivity index (χ0v) is 15.8. The molecule has 0 spiro atoms. The summed E-state index contributed by atoms with van der Waals surface area (Å²) in [6.45, 7) is 1.52. The van der Waals surface area contributed by atoms with Gasteiger partial charge in [-0.05, 0) is 42.7 Å². The maximum atomic E-state index is 12.7. The molecule has 1 unspecified atom stereocenters. The van der Waals surface area contributed by atoms with Gasteiger partial charge in [-0.15, -0.1) is 0 Å². The van der Waals surface area contributed by atoms with Crippen LogP contribution >= 0.6 is 0 Å². The number of amides is 1. The zero-order chi connectivity index (χ0) is 18.8. The predicted molar refractivity (Wildman–Crippen MR) is 104 cm³/mol. The van der Waals surface area contributed by atoms with Crippen LogP contribution in [-0.4, -0.2) is 45.5 Å². The third-order valence-electron chi connectivity index (χ3n) is 5.33.